The molecule has 3 aliphatic heterocycles. The van der Waals surface area contributed by atoms with E-state index in [4.69, 9.17) is 34.5 Å². The molecule has 14 N–H and O–H groups in total. The maximum Gasteiger partial charge on any atom is 0.321 e. The van der Waals surface area contributed by atoms with Crippen molar-refractivity contribution in [2.75, 3.05) is 19.8 Å². The van der Waals surface area contributed by atoms with Crippen LogP contribution < -0.4 is 16.4 Å². The van der Waals surface area contributed by atoms with Crippen molar-refractivity contribution in [3.8, 4) is 0 Å². The number of hydrogen-bond donors (Lipinski definition) is 13. The number of amides is 2. The molecule has 260 valence electrons. The molecular weight excluding hydrogens is 618 g/mol. The van der Waals surface area contributed by atoms with Crippen LogP contribution in [0.25, 0.3) is 0 Å². The van der Waals surface area contributed by atoms with Crippen LogP contribution in [0.2, 0.25) is 0 Å². The lowest BCUT2D eigenvalue weighted by Gasteiger charge is -2.49. The molecule has 0 spiro atoms. The second-order valence-corrected chi connectivity index (χ2v) is 10.8. The summed E-state index contributed by atoms with van der Waals surface area (Å²) < 4.78 is 27.6. The zero-order valence-corrected chi connectivity index (χ0v) is 23.9. The van der Waals surface area contributed by atoms with Gasteiger partial charge in [-0.3, -0.25) is 14.4 Å². The third-order valence-electron chi connectivity index (χ3n) is 7.55. The number of carbonyl (C=O) groups excluding carboxylic acids is 2. The van der Waals surface area contributed by atoms with Gasteiger partial charge in [-0.2, -0.15) is 0 Å². The number of rotatable bonds is 12. The van der Waals surface area contributed by atoms with Gasteiger partial charge in [0.25, 0.3) is 0 Å². The number of carbonyl (C=O) groups is 3. The monoisotopic (exact) mass is 659 g/mol. The highest BCUT2D eigenvalue weighted by atomic mass is 16.7. The lowest BCUT2D eigenvalue weighted by Crippen LogP contribution is -2.70. The van der Waals surface area contributed by atoms with E-state index in [1.807, 2.05) is 0 Å². The minimum Gasteiger partial charge on any atom is -0.480 e. The summed E-state index contributed by atoms with van der Waals surface area (Å²) in [6, 6.07) is -3.07. The van der Waals surface area contributed by atoms with Crippen LogP contribution in [0.5, 0.6) is 0 Å². The van der Waals surface area contributed by atoms with Crippen molar-refractivity contribution in [1.29, 1.82) is 0 Å². The fourth-order valence-corrected chi connectivity index (χ4v) is 5.11. The SMILES string of the molecule is CC(=O)NC1C(O)[C@H](O[C@@H]2OC(CO)[C@H](O)C(O[C@H]3OC(CO)[C@H](O)C(O)C3O)C2O)C(CO)O[C@H]1NC(=O)CC(N)C(=O)O. The molecule has 16 atom stereocenters. The van der Waals surface area contributed by atoms with Crippen molar-refractivity contribution >= 4 is 17.8 Å². The van der Waals surface area contributed by atoms with E-state index in [1.165, 1.54) is 0 Å². The summed E-state index contributed by atoms with van der Waals surface area (Å²) in [5, 5.41) is 106. The van der Waals surface area contributed by atoms with Crippen LogP contribution in [-0.2, 0) is 38.1 Å². The van der Waals surface area contributed by atoms with Gasteiger partial charge in [-0.15, -0.1) is 0 Å². The van der Waals surface area contributed by atoms with E-state index in [2.05, 4.69) is 10.6 Å². The van der Waals surface area contributed by atoms with Crippen molar-refractivity contribution < 1.29 is 89.1 Å². The first-order chi connectivity index (χ1) is 21.1. The summed E-state index contributed by atoms with van der Waals surface area (Å²) in [5.74, 6) is -3.12. The van der Waals surface area contributed by atoms with Crippen LogP contribution in [0.15, 0.2) is 0 Å². The van der Waals surface area contributed by atoms with E-state index >= 15 is 0 Å². The van der Waals surface area contributed by atoms with Gasteiger partial charge in [0.05, 0.1) is 26.2 Å². The number of aliphatic hydroxyl groups excluding tert-OH is 9. The van der Waals surface area contributed by atoms with Crippen molar-refractivity contribution in [2.24, 2.45) is 5.73 Å². The van der Waals surface area contributed by atoms with Crippen LogP contribution in [0, 0.1) is 0 Å². The lowest BCUT2D eigenvalue weighted by atomic mass is 9.94. The first-order valence-corrected chi connectivity index (χ1v) is 13.9. The Labute approximate surface area is 255 Å². The molecule has 0 aliphatic carbocycles. The Kier molecular flexibility index (Phi) is 13.3. The van der Waals surface area contributed by atoms with E-state index in [9.17, 15) is 60.3 Å². The quantitative estimate of drug-likeness (QED) is 0.0924. The number of ether oxygens (including phenoxy) is 5. The second-order valence-electron chi connectivity index (χ2n) is 10.8. The average Bonchev–Trinajstić information content (AvgIpc) is 2.98. The summed E-state index contributed by atoms with van der Waals surface area (Å²) in [6.07, 6.45) is -25.0. The van der Waals surface area contributed by atoms with E-state index in [1.54, 1.807) is 0 Å². The summed E-state index contributed by atoms with van der Waals surface area (Å²) >= 11 is 0. The summed E-state index contributed by atoms with van der Waals surface area (Å²) in [4.78, 5) is 35.3. The summed E-state index contributed by atoms with van der Waals surface area (Å²) in [6.45, 7) is -1.49. The van der Waals surface area contributed by atoms with Crippen molar-refractivity contribution in [3.05, 3.63) is 0 Å². The summed E-state index contributed by atoms with van der Waals surface area (Å²) in [7, 11) is 0. The van der Waals surface area contributed by atoms with Gasteiger partial charge in [-0.05, 0) is 0 Å². The third-order valence-corrected chi connectivity index (χ3v) is 7.55. The molecule has 3 fully saturated rings. The normalized spacial score (nSPS) is 42.9. The summed E-state index contributed by atoms with van der Waals surface area (Å²) in [5.41, 5.74) is 5.37. The number of carboxylic acids is 1. The molecule has 3 rings (SSSR count). The molecule has 3 saturated heterocycles. The molecule has 0 aromatic heterocycles. The Hall–Kier alpha value is -2.19. The maximum atomic E-state index is 12.4. The van der Waals surface area contributed by atoms with E-state index in [-0.39, 0.29) is 0 Å². The van der Waals surface area contributed by atoms with Crippen molar-refractivity contribution in [1.82, 2.24) is 10.6 Å². The molecule has 3 heterocycles. The number of hydrogen-bond acceptors (Lipinski definition) is 18. The Morgan fingerprint density at radius 3 is 1.78 bits per heavy atom. The molecule has 0 aromatic carbocycles. The topological polar surface area (TPSA) is 350 Å². The van der Waals surface area contributed by atoms with Gasteiger partial charge in [-0.25, -0.2) is 0 Å². The van der Waals surface area contributed by atoms with Gasteiger partial charge >= 0.3 is 5.97 Å². The van der Waals surface area contributed by atoms with Gasteiger partial charge in [-0.1, -0.05) is 0 Å². The van der Waals surface area contributed by atoms with Crippen LogP contribution >= 0.6 is 0 Å². The zero-order chi connectivity index (χ0) is 33.7. The van der Waals surface area contributed by atoms with E-state index in [0.29, 0.717) is 0 Å². The molecule has 3 aliphatic rings. The van der Waals surface area contributed by atoms with Crippen LogP contribution in [0.1, 0.15) is 13.3 Å². The molecule has 21 nitrogen and oxygen atoms in total. The van der Waals surface area contributed by atoms with Gasteiger partial charge in [0.15, 0.2) is 18.8 Å². The average molecular weight is 660 g/mol. The zero-order valence-electron chi connectivity index (χ0n) is 23.9. The van der Waals surface area contributed by atoms with Gasteiger partial charge in [0.2, 0.25) is 11.8 Å². The van der Waals surface area contributed by atoms with E-state index < -0.39 is 142 Å². The third kappa shape index (κ3) is 8.59. The van der Waals surface area contributed by atoms with Crippen LogP contribution in [0.4, 0.5) is 0 Å². The minimum atomic E-state index is -2.00. The number of nitrogens with two attached hydrogens (primary N) is 1. The molecular formula is C24H41N3O18. The Bertz CT molecular complexity index is 1010. The molecule has 0 saturated carbocycles. The van der Waals surface area contributed by atoms with Crippen molar-refractivity contribution in [3.63, 3.8) is 0 Å². The standard InChI is InChI=1S/C24H41N3O18/c1-6(31)26-12-15(35)19(10(5-30)41-21(12)27-11(32)2-7(25)22(39)40)44-24-18(38)20(14(34)9(4-29)43-24)45-23-17(37)16(36)13(33)8(3-28)42-23/h7-10,12-21,23-24,28-30,33-38H,2-5,25H2,1H3,(H,26,31)(H,27,32)(H,39,40)/t7?,8?,9?,10?,12?,13-,14-,15?,16?,17?,18?,19+,20?,21+,23+,24-/m0/s1. The first-order valence-electron chi connectivity index (χ1n) is 13.9. The van der Waals surface area contributed by atoms with Crippen LogP contribution in [-0.4, -0.2) is 187 Å². The molecule has 0 radical (unpaired) electrons. The fourth-order valence-electron chi connectivity index (χ4n) is 5.11. The highest BCUT2D eigenvalue weighted by molar-refractivity contribution is 5.84. The van der Waals surface area contributed by atoms with E-state index in [0.717, 1.165) is 6.92 Å². The Morgan fingerprint density at radius 1 is 0.711 bits per heavy atom. The number of carboxylic acid groups (broad SMARTS) is 1. The Morgan fingerprint density at radius 2 is 1.24 bits per heavy atom. The molecule has 10 unspecified atom stereocenters. The molecule has 21 heteroatoms. The predicted octanol–water partition coefficient (Wildman–Crippen LogP) is -8.50. The molecule has 0 bridgehead atoms. The molecule has 0 aromatic rings. The Balaban J connectivity index is 1.81. The van der Waals surface area contributed by atoms with Crippen LogP contribution in [0.3, 0.4) is 0 Å². The fraction of sp³-hybridized carbons (Fsp3) is 0.875. The van der Waals surface area contributed by atoms with Gasteiger partial charge in [0, 0.05) is 6.92 Å². The number of nitrogens with one attached hydrogen (secondary N) is 2. The first kappa shape index (κ1) is 37.3. The van der Waals surface area contributed by atoms with Crippen molar-refractivity contribution in [2.45, 2.75) is 111 Å². The lowest BCUT2D eigenvalue weighted by molar-refractivity contribution is -0.372. The number of aliphatic carboxylic acids is 1. The highest BCUT2D eigenvalue weighted by Gasteiger charge is 2.54. The second kappa shape index (κ2) is 16.1. The number of aliphatic hydroxyl groups is 9. The molecule has 45 heavy (non-hydrogen) atoms. The smallest absolute Gasteiger partial charge is 0.321 e. The predicted molar refractivity (Wildman–Crippen MR) is 139 cm³/mol. The van der Waals surface area contributed by atoms with Gasteiger partial charge in [0.1, 0.15) is 79.2 Å². The minimum absolute atomic E-state index is 0.704. The van der Waals surface area contributed by atoms with Gasteiger partial charge < -0.3 is 91.1 Å². The highest BCUT2D eigenvalue weighted by Crippen LogP contribution is 2.32. The molecule has 2 amide bonds. The maximum absolute atomic E-state index is 12.4. The largest absolute Gasteiger partial charge is 0.480 e.